The SMILES string of the molecule is Cc1cc(Sc2nc(C)co2)c(C(=O)O)cn1. The lowest BCUT2D eigenvalue weighted by atomic mass is 10.2. The van der Waals surface area contributed by atoms with Gasteiger partial charge in [0.05, 0.1) is 11.3 Å². The number of hydrogen-bond donors (Lipinski definition) is 1. The largest absolute Gasteiger partial charge is 0.478 e. The molecule has 0 saturated heterocycles. The quantitative estimate of drug-likeness (QED) is 0.902. The highest BCUT2D eigenvalue weighted by atomic mass is 32.2. The van der Waals surface area contributed by atoms with E-state index in [0.717, 1.165) is 11.4 Å². The van der Waals surface area contributed by atoms with E-state index in [2.05, 4.69) is 9.97 Å². The molecule has 0 amide bonds. The van der Waals surface area contributed by atoms with Gasteiger partial charge < -0.3 is 9.52 Å². The molecule has 0 aliphatic rings. The number of carboxylic acid groups (broad SMARTS) is 1. The van der Waals surface area contributed by atoms with E-state index >= 15 is 0 Å². The standard InChI is InChI=1S/C11H10N2O3S/c1-6-3-9(8(4-12-6)10(14)15)17-11-13-7(2)5-16-11/h3-5H,1-2H3,(H,14,15). The zero-order chi connectivity index (χ0) is 12.4. The molecule has 2 rings (SSSR count). The molecule has 88 valence electrons. The molecule has 2 aromatic heterocycles. The highest BCUT2D eigenvalue weighted by molar-refractivity contribution is 7.99. The summed E-state index contributed by atoms with van der Waals surface area (Å²) in [4.78, 5) is 19.7. The van der Waals surface area contributed by atoms with Crippen LogP contribution >= 0.6 is 11.8 Å². The molecule has 0 unspecified atom stereocenters. The van der Waals surface area contributed by atoms with Gasteiger partial charge >= 0.3 is 5.97 Å². The zero-order valence-electron chi connectivity index (χ0n) is 9.30. The highest BCUT2D eigenvalue weighted by Crippen LogP contribution is 2.30. The average molecular weight is 250 g/mol. The van der Waals surface area contributed by atoms with Crippen LogP contribution in [0, 0.1) is 13.8 Å². The van der Waals surface area contributed by atoms with Crippen LogP contribution in [0.5, 0.6) is 0 Å². The maximum atomic E-state index is 11.0. The summed E-state index contributed by atoms with van der Waals surface area (Å²) in [6.07, 6.45) is 2.87. The molecule has 0 aromatic carbocycles. The summed E-state index contributed by atoms with van der Waals surface area (Å²) in [6.45, 7) is 3.61. The summed E-state index contributed by atoms with van der Waals surface area (Å²) in [5, 5.41) is 9.46. The van der Waals surface area contributed by atoms with E-state index in [1.54, 1.807) is 13.0 Å². The summed E-state index contributed by atoms with van der Waals surface area (Å²) in [6, 6.07) is 1.70. The molecule has 5 nitrogen and oxygen atoms in total. The fraction of sp³-hybridized carbons (Fsp3) is 0.182. The second-order valence-electron chi connectivity index (χ2n) is 3.48. The number of aromatic nitrogens is 2. The number of aromatic carboxylic acids is 1. The Morgan fingerprint density at radius 3 is 2.76 bits per heavy atom. The number of rotatable bonds is 3. The first kappa shape index (κ1) is 11.7. The van der Waals surface area contributed by atoms with Crippen LogP contribution in [0.25, 0.3) is 0 Å². The van der Waals surface area contributed by atoms with Crippen LogP contribution in [-0.2, 0) is 0 Å². The van der Waals surface area contributed by atoms with Gasteiger partial charge in [-0.1, -0.05) is 0 Å². The van der Waals surface area contributed by atoms with E-state index in [4.69, 9.17) is 9.52 Å². The predicted octanol–water partition coefficient (Wildman–Crippen LogP) is 2.54. The number of oxazole rings is 1. The molecule has 0 fully saturated rings. The summed E-state index contributed by atoms with van der Waals surface area (Å²) in [7, 11) is 0. The minimum absolute atomic E-state index is 0.149. The lowest BCUT2D eigenvalue weighted by molar-refractivity contribution is 0.0692. The van der Waals surface area contributed by atoms with E-state index in [0.29, 0.717) is 10.1 Å². The molecule has 6 heteroatoms. The molecular formula is C11H10N2O3S. The Labute approximate surface area is 102 Å². The van der Waals surface area contributed by atoms with Gasteiger partial charge in [0.1, 0.15) is 6.26 Å². The molecule has 0 aliphatic heterocycles. The smallest absolute Gasteiger partial charge is 0.338 e. The van der Waals surface area contributed by atoms with Crippen molar-refractivity contribution in [3.05, 3.63) is 35.5 Å². The molecule has 1 N–H and O–H groups in total. The Hall–Kier alpha value is -1.82. The lowest BCUT2D eigenvalue weighted by Crippen LogP contribution is -2.00. The Kier molecular flexibility index (Phi) is 3.14. The van der Waals surface area contributed by atoms with Gasteiger partial charge in [-0.3, -0.25) is 4.98 Å². The maximum absolute atomic E-state index is 11.0. The molecule has 2 heterocycles. The topological polar surface area (TPSA) is 76.2 Å². The van der Waals surface area contributed by atoms with Gasteiger partial charge in [-0.15, -0.1) is 0 Å². The summed E-state index contributed by atoms with van der Waals surface area (Å²) < 4.78 is 5.18. The Bertz CT molecular complexity index is 566. The van der Waals surface area contributed by atoms with Crippen molar-refractivity contribution < 1.29 is 14.3 Å². The first-order valence-corrected chi connectivity index (χ1v) is 5.68. The molecule has 17 heavy (non-hydrogen) atoms. The maximum Gasteiger partial charge on any atom is 0.338 e. The molecule has 0 bridgehead atoms. The van der Waals surface area contributed by atoms with Gasteiger partial charge in [-0.2, -0.15) is 0 Å². The minimum atomic E-state index is -1.01. The molecule has 0 spiro atoms. The Morgan fingerprint density at radius 2 is 2.18 bits per heavy atom. The van der Waals surface area contributed by atoms with Crippen molar-refractivity contribution in [2.45, 2.75) is 24.0 Å². The van der Waals surface area contributed by atoms with Crippen LogP contribution in [0.3, 0.4) is 0 Å². The van der Waals surface area contributed by atoms with Gasteiger partial charge in [0.15, 0.2) is 0 Å². The minimum Gasteiger partial charge on any atom is -0.478 e. The number of hydrogen-bond acceptors (Lipinski definition) is 5. The van der Waals surface area contributed by atoms with Crippen molar-refractivity contribution in [1.82, 2.24) is 9.97 Å². The number of carboxylic acids is 1. The van der Waals surface area contributed by atoms with Crippen LogP contribution < -0.4 is 0 Å². The second-order valence-corrected chi connectivity index (χ2v) is 4.48. The van der Waals surface area contributed by atoms with Crippen LogP contribution in [0.4, 0.5) is 0 Å². The third-order valence-corrected chi connectivity index (χ3v) is 2.95. The lowest BCUT2D eigenvalue weighted by Gasteiger charge is -2.03. The monoisotopic (exact) mass is 250 g/mol. The molecule has 0 saturated carbocycles. The number of carbonyl (C=O) groups is 1. The fourth-order valence-electron chi connectivity index (χ4n) is 1.25. The van der Waals surface area contributed by atoms with E-state index in [1.807, 2.05) is 6.92 Å². The Balaban J connectivity index is 2.37. The fourth-order valence-corrected chi connectivity index (χ4v) is 2.21. The molecule has 2 aromatic rings. The summed E-state index contributed by atoms with van der Waals surface area (Å²) in [5.41, 5.74) is 1.66. The van der Waals surface area contributed by atoms with Gasteiger partial charge in [-0.05, 0) is 31.7 Å². The number of pyridine rings is 1. The van der Waals surface area contributed by atoms with E-state index in [9.17, 15) is 4.79 Å². The summed E-state index contributed by atoms with van der Waals surface area (Å²) in [5.74, 6) is -1.01. The third-order valence-electron chi connectivity index (χ3n) is 2.03. The first-order chi connectivity index (χ1) is 8.06. The number of nitrogens with zero attached hydrogens (tertiary/aromatic N) is 2. The zero-order valence-corrected chi connectivity index (χ0v) is 10.1. The van der Waals surface area contributed by atoms with Crippen molar-refractivity contribution in [3.63, 3.8) is 0 Å². The molecule has 0 atom stereocenters. The van der Waals surface area contributed by atoms with Gasteiger partial charge in [0.25, 0.3) is 5.22 Å². The van der Waals surface area contributed by atoms with Crippen LogP contribution in [0.1, 0.15) is 21.7 Å². The van der Waals surface area contributed by atoms with Crippen LogP contribution in [-0.4, -0.2) is 21.0 Å². The van der Waals surface area contributed by atoms with E-state index < -0.39 is 5.97 Å². The Morgan fingerprint density at radius 1 is 1.41 bits per heavy atom. The van der Waals surface area contributed by atoms with E-state index in [1.165, 1.54) is 24.2 Å². The van der Waals surface area contributed by atoms with Crippen molar-refractivity contribution >= 4 is 17.7 Å². The first-order valence-electron chi connectivity index (χ1n) is 4.86. The van der Waals surface area contributed by atoms with Crippen molar-refractivity contribution in [2.75, 3.05) is 0 Å². The van der Waals surface area contributed by atoms with Crippen LogP contribution in [0.2, 0.25) is 0 Å². The number of aryl methyl sites for hydroxylation is 2. The van der Waals surface area contributed by atoms with Gasteiger partial charge in [0.2, 0.25) is 0 Å². The van der Waals surface area contributed by atoms with Crippen molar-refractivity contribution in [1.29, 1.82) is 0 Å². The molecule has 0 radical (unpaired) electrons. The highest BCUT2D eigenvalue weighted by Gasteiger charge is 2.14. The van der Waals surface area contributed by atoms with E-state index in [-0.39, 0.29) is 5.56 Å². The summed E-state index contributed by atoms with van der Waals surface area (Å²) >= 11 is 1.18. The normalized spacial score (nSPS) is 10.5. The predicted molar refractivity (Wildman–Crippen MR) is 61.3 cm³/mol. The van der Waals surface area contributed by atoms with Crippen molar-refractivity contribution in [3.8, 4) is 0 Å². The average Bonchev–Trinajstić information content (AvgIpc) is 2.63. The van der Waals surface area contributed by atoms with Gasteiger partial charge in [0, 0.05) is 16.8 Å². The second kappa shape index (κ2) is 4.58. The van der Waals surface area contributed by atoms with Crippen molar-refractivity contribution in [2.24, 2.45) is 0 Å². The van der Waals surface area contributed by atoms with Crippen LogP contribution in [0.15, 0.2) is 33.1 Å². The molecular weight excluding hydrogens is 240 g/mol. The third kappa shape index (κ3) is 2.65. The molecule has 0 aliphatic carbocycles. The van der Waals surface area contributed by atoms with Gasteiger partial charge in [-0.25, -0.2) is 9.78 Å².